The van der Waals surface area contributed by atoms with Crippen molar-refractivity contribution in [2.24, 2.45) is 5.92 Å². The number of aromatic nitrogens is 2. The fraction of sp³-hybridized carbons (Fsp3) is 0.320. The molecule has 0 aliphatic carbocycles. The number of nitrogens with one attached hydrogen (secondary N) is 1. The predicted molar refractivity (Wildman–Crippen MR) is 119 cm³/mol. The molecule has 160 valence electrons. The van der Waals surface area contributed by atoms with Gasteiger partial charge in [-0.2, -0.15) is 5.10 Å². The second kappa shape index (κ2) is 10.1. The van der Waals surface area contributed by atoms with Crippen LogP contribution in [0.5, 0.6) is 0 Å². The van der Waals surface area contributed by atoms with Gasteiger partial charge in [-0.15, -0.1) is 0 Å². The summed E-state index contributed by atoms with van der Waals surface area (Å²) in [5, 5.41) is 7.36. The standard InChI is InChI=1S/C25H28N4O2/c30-24(16-20-8-2-1-3-9-20)28-14-6-12-23(18-28)25(31)26-17-21-10-4-5-11-22(21)19-29-15-7-13-27-29/h1-5,7-11,13,15,23H,6,12,14,16-19H2,(H,26,31)/t23-/m1/s1. The van der Waals surface area contributed by atoms with Crippen molar-refractivity contribution < 1.29 is 9.59 Å². The topological polar surface area (TPSA) is 67.2 Å². The summed E-state index contributed by atoms with van der Waals surface area (Å²) < 4.78 is 1.87. The molecule has 0 saturated carbocycles. The van der Waals surface area contributed by atoms with E-state index in [1.54, 1.807) is 6.20 Å². The molecule has 2 heterocycles. The molecule has 2 aromatic carbocycles. The number of nitrogens with zero attached hydrogens (tertiary/aromatic N) is 3. The van der Waals surface area contributed by atoms with Crippen molar-refractivity contribution in [3.63, 3.8) is 0 Å². The minimum atomic E-state index is -0.160. The van der Waals surface area contributed by atoms with E-state index in [4.69, 9.17) is 0 Å². The molecule has 2 amide bonds. The van der Waals surface area contributed by atoms with Gasteiger partial charge >= 0.3 is 0 Å². The zero-order valence-corrected chi connectivity index (χ0v) is 17.6. The number of amides is 2. The average Bonchev–Trinajstić information content (AvgIpc) is 3.32. The number of carbonyl (C=O) groups is 2. The van der Waals surface area contributed by atoms with E-state index in [9.17, 15) is 9.59 Å². The maximum Gasteiger partial charge on any atom is 0.227 e. The summed E-state index contributed by atoms with van der Waals surface area (Å²) >= 11 is 0. The van der Waals surface area contributed by atoms with Crippen molar-refractivity contribution >= 4 is 11.8 Å². The van der Waals surface area contributed by atoms with Gasteiger partial charge in [0.2, 0.25) is 11.8 Å². The molecule has 0 radical (unpaired) electrons. The van der Waals surface area contributed by atoms with Crippen LogP contribution in [0.2, 0.25) is 0 Å². The first kappa shape index (κ1) is 20.8. The number of piperidine rings is 1. The fourth-order valence-corrected chi connectivity index (χ4v) is 4.08. The normalized spacial score (nSPS) is 16.1. The highest BCUT2D eigenvalue weighted by molar-refractivity contribution is 5.82. The molecule has 4 rings (SSSR count). The number of likely N-dealkylation sites (tertiary alicyclic amines) is 1. The van der Waals surface area contributed by atoms with Crippen molar-refractivity contribution in [2.45, 2.75) is 32.4 Å². The predicted octanol–water partition coefficient (Wildman–Crippen LogP) is 3.03. The Morgan fingerprint density at radius 1 is 1.00 bits per heavy atom. The maximum atomic E-state index is 12.9. The number of hydrogen-bond donors (Lipinski definition) is 1. The number of carbonyl (C=O) groups excluding carboxylic acids is 2. The van der Waals surface area contributed by atoms with E-state index in [-0.39, 0.29) is 17.7 Å². The fourth-order valence-electron chi connectivity index (χ4n) is 4.08. The largest absolute Gasteiger partial charge is 0.352 e. The monoisotopic (exact) mass is 416 g/mol. The summed E-state index contributed by atoms with van der Waals surface area (Å²) in [5.74, 6) is -0.0499. The zero-order valence-electron chi connectivity index (χ0n) is 17.6. The van der Waals surface area contributed by atoms with E-state index in [1.807, 2.05) is 70.4 Å². The summed E-state index contributed by atoms with van der Waals surface area (Å²) in [4.78, 5) is 27.4. The van der Waals surface area contributed by atoms with Crippen LogP contribution in [0.1, 0.15) is 29.5 Å². The molecule has 0 bridgehead atoms. The Labute approximate surface area is 182 Å². The minimum absolute atomic E-state index is 0.0195. The average molecular weight is 417 g/mol. The molecule has 0 unspecified atom stereocenters. The Morgan fingerprint density at radius 2 is 1.77 bits per heavy atom. The first-order valence-electron chi connectivity index (χ1n) is 10.8. The molecule has 1 atom stereocenters. The van der Waals surface area contributed by atoms with Gasteiger partial charge in [-0.1, -0.05) is 54.6 Å². The van der Waals surface area contributed by atoms with E-state index < -0.39 is 0 Å². The SMILES string of the molecule is O=C(NCc1ccccc1Cn1cccn1)[C@@H]1CCCN(C(=O)Cc2ccccc2)C1. The number of rotatable bonds is 7. The van der Waals surface area contributed by atoms with Crippen molar-refractivity contribution in [2.75, 3.05) is 13.1 Å². The second-order valence-electron chi connectivity index (χ2n) is 8.03. The number of benzene rings is 2. The van der Waals surface area contributed by atoms with Crippen LogP contribution in [0.4, 0.5) is 0 Å². The summed E-state index contributed by atoms with van der Waals surface area (Å²) in [7, 11) is 0. The summed E-state index contributed by atoms with van der Waals surface area (Å²) in [5.41, 5.74) is 3.22. The molecule has 1 aliphatic heterocycles. The van der Waals surface area contributed by atoms with Crippen molar-refractivity contribution in [3.05, 3.63) is 89.7 Å². The molecule has 1 saturated heterocycles. The maximum absolute atomic E-state index is 12.9. The Bertz CT molecular complexity index is 1000. The van der Waals surface area contributed by atoms with E-state index in [1.165, 1.54) is 0 Å². The second-order valence-corrected chi connectivity index (χ2v) is 8.03. The molecule has 6 heteroatoms. The van der Waals surface area contributed by atoms with Crippen molar-refractivity contribution in [1.29, 1.82) is 0 Å². The molecule has 1 aromatic heterocycles. The van der Waals surface area contributed by atoms with Gasteiger partial charge in [0.1, 0.15) is 0 Å². The Morgan fingerprint density at radius 3 is 2.55 bits per heavy atom. The number of hydrogen-bond acceptors (Lipinski definition) is 3. The first-order chi connectivity index (χ1) is 15.2. The molecular formula is C25H28N4O2. The van der Waals surface area contributed by atoms with E-state index in [2.05, 4.69) is 16.5 Å². The quantitative estimate of drug-likeness (QED) is 0.644. The third-order valence-electron chi connectivity index (χ3n) is 5.81. The van der Waals surface area contributed by atoms with Gasteiger partial charge in [0.15, 0.2) is 0 Å². The Balaban J connectivity index is 1.32. The van der Waals surface area contributed by atoms with Crippen molar-refractivity contribution in [1.82, 2.24) is 20.0 Å². The van der Waals surface area contributed by atoms with Crippen LogP contribution in [0.15, 0.2) is 73.1 Å². The molecule has 31 heavy (non-hydrogen) atoms. The van der Waals surface area contributed by atoms with Crippen LogP contribution in [0.25, 0.3) is 0 Å². The van der Waals surface area contributed by atoms with Gasteiger partial charge in [-0.25, -0.2) is 0 Å². The third-order valence-corrected chi connectivity index (χ3v) is 5.81. The van der Waals surface area contributed by atoms with Gasteiger partial charge in [0, 0.05) is 32.0 Å². The highest BCUT2D eigenvalue weighted by atomic mass is 16.2. The van der Waals surface area contributed by atoms with Gasteiger partial charge in [0.05, 0.1) is 18.9 Å². The van der Waals surface area contributed by atoms with Gasteiger partial charge in [-0.05, 0) is 35.6 Å². The molecule has 3 aromatic rings. The molecule has 1 fully saturated rings. The lowest BCUT2D eigenvalue weighted by molar-refractivity contribution is -0.135. The highest BCUT2D eigenvalue weighted by Crippen LogP contribution is 2.18. The van der Waals surface area contributed by atoms with Crippen LogP contribution >= 0.6 is 0 Å². The van der Waals surface area contributed by atoms with Crippen LogP contribution in [0.3, 0.4) is 0 Å². The smallest absolute Gasteiger partial charge is 0.227 e. The zero-order chi connectivity index (χ0) is 21.5. The lowest BCUT2D eigenvalue weighted by atomic mass is 9.96. The molecule has 0 spiro atoms. The van der Waals surface area contributed by atoms with Crippen LogP contribution in [0, 0.1) is 5.92 Å². The first-order valence-corrected chi connectivity index (χ1v) is 10.8. The van der Waals surface area contributed by atoms with E-state index >= 15 is 0 Å². The summed E-state index contributed by atoms with van der Waals surface area (Å²) in [6.45, 7) is 2.36. The van der Waals surface area contributed by atoms with E-state index in [0.29, 0.717) is 26.1 Å². The molecule has 1 N–H and O–H groups in total. The Kier molecular flexibility index (Phi) is 6.77. The van der Waals surface area contributed by atoms with Crippen LogP contribution in [-0.4, -0.2) is 39.6 Å². The lowest BCUT2D eigenvalue weighted by Gasteiger charge is -2.32. The van der Waals surface area contributed by atoms with Gasteiger partial charge in [0.25, 0.3) is 0 Å². The molecule has 6 nitrogen and oxygen atoms in total. The highest BCUT2D eigenvalue weighted by Gasteiger charge is 2.28. The minimum Gasteiger partial charge on any atom is -0.352 e. The van der Waals surface area contributed by atoms with Crippen molar-refractivity contribution in [3.8, 4) is 0 Å². The van der Waals surface area contributed by atoms with Crippen LogP contribution < -0.4 is 5.32 Å². The van der Waals surface area contributed by atoms with Gasteiger partial charge in [-0.3, -0.25) is 14.3 Å². The molecule has 1 aliphatic rings. The summed E-state index contributed by atoms with van der Waals surface area (Å²) in [6, 6.07) is 19.8. The summed E-state index contributed by atoms with van der Waals surface area (Å²) in [6.07, 6.45) is 5.75. The van der Waals surface area contributed by atoms with Crippen LogP contribution in [-0.2, 0) is 29.1 Å². The van der Waals surface area contributed by atoms with E-state index in [0.717, 1.165) is 36.1 Å². The lowest BCUT2D eigenvalue weighted by Crippen LogP contribution is -2.45. The molecular weight excluding hydrogens is 388 g/mol. The Hall–Kier alpha value is -3.41. The third kappa shape index (κ3) is 5.60. The van der Waals surface area contributed by atoms with Gasteiger partial charge < -0.3 is 10.2 Å².